The molecule has 0 aliphatic carbocycles. The molecule has 0 aliphatic heterocycles. The van der Waals surface area contributed by atoms with Gasteiger partial charge in [0.1, 0.15) is 5.75 Å². The molecule has 0 amide bonds. The molecule has 0 radical (unpaired) electrons. The van der Waals surface area contributed by atoms with Crippen LogP contribution in [0.2, 0.25) is 0 Å². The van der Waals surface area contributed by atoms with Crippen molar-refractivity contribution >= 4 is 11.6 Å². The molecular formula is C14H15ClN2O. The Labute approximate surface area is 112 Å². The molecule has 0 N–H and O–H groups in total. The van der Waals surface area contributed by atoms with E-state index in [1.54, 1.807) is 12.4 Å². The summed E-state index contributed by atoms with van der Waals surface area (Å²) in [6.07, 6.45) is 5.56. The third kappa shape index (κ3) is 3.44. The van der Waals surface area contributed by atoms with E-state index in [1.807, 2.05) is 12.1 Å². The Kier molecular flexibility index (Phi) is 4.53. The number of ether oxygens (including phenoxy) is 1. The monoisotopic (exact) mass is 262 g/mol. The highest BCUT2D eigenvalue weighted by Gasteiger charge is 2.01. The maximum Gasteiger partial charge on any atom is 0.321 e. The topological polar surface area (TPSA) is 35.0 Å². The molecule has 1 aromatic heterocycles. The Balaban J connectivity index is 2.03. The van der Waals surface area contributed by atoms with Crippen molar-refractivity contribution in [1.29, 1.82) is 0 Å². The number of aromatic nitrogens is 2. The van der Waals surface area contributed by atoms with E-state index < -0.39 is 0 Å². The van der Waals surface area contributed by atoms with Crippen LogP contribution in [0.1, 0.15) is 24.5 Å². The fraction of sp³-hybridized carbons (Fsp3) is 0.286. The molecule has 0 unspecified atom stereocenters. The Morgan fingerprint density at radius 2 is 1.72 bits per heavy atom. The predicted octanol–water partition coefficient (Wildman–Crippen LogP) is 3.96. The van der Waals surface area contributed by atoms with Crippen LogP contribution in [0.15, 0.2) is 36.7 Å². The first-order valence-electron chi connectivity index (χ1n) is 5.95. The molecule has 0 saturated heterocycles. The number of benzene rings is 1. The van der Waals surface area contributed by atoms with Crippen LogP contribution in [0.3, 0.4) is 0 Å². The van der Waals surface area contributed by atoms with Crippen LogP contribution >= 0.6 is 11.6 Å². The fourth-order valence-corrected chi connectivity index (χ4v) is 1.72. The van der Waals surface area contributed by atoms with Gasteiger partial charge in [0.15, 0.2) is 0 Å². The predicted molar refractivity (Wildman–Crippen MR) is 72.1 cm³/mol. The number of alkyl halides is 1. The quantitative estimate of drug-likeness (QED) is 0.765. The lowest BCUT2D eigenvalue weighted by Crippen LogP contribution is -1.93. The van der Waals surface area contributed by atoms with Crippen LogP contribution in [0.4, 0.5) is 0 Å². The summed E-state index contributed by atoms with van der Waals surface area (Å²) in [5.74, 6) is 1.15. The van der Waals surface area contributed by atoms with E-state index >= 15 is 0 Å². The van der Waals surface area contributed by atoms with Gasteiger partial charge in [-0.15, -0.1) is 11.6 Å². The average molecular weight is 263 g/mol. The van der Waals surface area contributed by atoms with Crippen LogP contribution in [0, 0.1) is 0 Å². The van der Waals surface area contributed by atoms with Gasteiger partial charge in [-0.2, -0.15) is 0 Å². The lowest BCUT2D eigenvalue weighted by molar-refractivity contribution is 0.441. The second-order valence-electron chi connectivity index (χ2n) is 4.00. The minimum absolute atomic E-state index is 0.340. The number of aryl methyl sites for hydroxylation is 1. The minimum atomic E-state index is 0.340. The first-order chi connectivity index (χ1) is 8.81. The SMILES string of the molecule is CCCc1ccc(Oc2ncc(CCl)cn2)cc1. The molecule has 0 atom stereocenters. The lowest BCUT2D eigenvalue weighted by atomic mass is 10.1. The summed E-state index contributed by atoms with van der Waals surface area (Å²) in [5.41, 5.74) is 2.19. The number of rotatable bonds is 5. The zero-order valence-electron chi connectivity index (χ0n) is 10.3. The number of halogens is 1. The second kappa shape index (κ2) is 6.36. The van der Waals surface area contributed by atoms with Gasteiger partial charge in [0, 0.05) is 18.0 Å². The molecule has 18 heavy (non-hydrogen) atoms. The molecule has 2 rings (SSSR count). The molecule has 94 valence electrons. The highest BCUT2D eigenvalue weighted by atomic mass is 35.5. The standard InChI is InChI=1S/C14H15ClN2O/c1-2-3-11-4-6-13(7-5-11)18-14-16-9-12(8-15)10-17-14/h4-7,9-10H,2-3,8H2,1H3. The maximum atomic E-state index is 5.67. The van der Waals surface area contributed by atoms with Crippen molar-refractivity contribution in [2.75, 3.05) is 0 Å². The molecule has 3 nitrogen and oxygen atoms in total. The third-order valence-corrected chi connectivity index (χ3v) is 2.82. The van der Waals surface area contributed by atoms with E-state index in [0.717, 1.165) is 24.2 Å². The van der Waals surface area contributed by atoms with E-state index in [4.69, 9.17) is 16.3 Å². The fourth-order valence-electron chi connectivity index (χ4n) is 1.58. The van der Waals surface area contributed by atoms with Gasteiger partial charge in [0.05, 0.1) is 5.88 Å². The molecule has 0 saturated carbocycles. The minimum Gasteiger partial charge on any atom is -0.424 e. The summed E-state index contributed by atoms with van der Waals surface area (Å²) < 4.78 is 5.55. The van der Waals surface area contributed by atoms with E-state index in [-0.39, 0.29) is 0 Å². The van der Waals surface area contributed by atoms with Crippen LogP contribution in [-0.2, 0) is 12.3 Å². The third-order valence-electron chi connectivity index (χ3n) is 2.51. The van der Waals surface area contributed by atoms with Gasteiger partial charge < -0.3 is 4.74 Å². The van der Waals surface area contributed by atoms with Crippen LogP contribution in [0.25, 0.3) is 0 Å². The first-order valence-corrected chi connectivity index (χ1v) is 6.49. The molecule has 4 heteroatoms. The van der Waals surface area contributed by atoms with Crippen molar-refractivity contribution in [1.82, 2.24) is 9.97 Å². The summed E-state index contributed by atoms with van der Waals surface area (Å²) in [6, 6.07) is 8.33. The summed E-state index contributed by atoms with van der Waals surface area (Å²) >= 11 is 5.67. The van der Waals surface area contributed by atoms with E-state index in [0.29, 0.717) is 11.9 Å². The first kappa shape index (κ1) is 12.8. The molecule has 1 heterocycles. The van der Waals surface area contributed by atoms with Gasteiger partial charge in [0.2, 0.25) is 0 Å². The maximum absolute atomic E-state index is 5.67. The van der Waals surface area contributed by atoms with Crippen molar-refractivity contribution in [3.05, 3.63) is 47.8 Å². The van der Waals surface area contributed by atoms with Gasteiger partial charge in [-0.25, -0.2) is 9.97 Å². The van der Waals surface area contributed by atoms with Crippen molar-refractivity contribution < 1.29 is 4.74 Å². The largest absolute Gasteiger partial charge is 0.424 e. The summed E-state index contributed by atoms with van der Waals surface area (Å²) in [5, 5.41) is 0. The summed E-state index contributed by atoms with van der Waals surface area (Å²) in [7, 11) is 0. The lowest BCUT2D eigenvalue weighted by Gasteiger charge is -2.05. The summed E-state index contributed by atoms with van der Waals surface area (Å²) in [6.45, 7) is 2.16. The van der Waals surface area contributed by atoms with E-state index in [1.165, 1.54) is 5.56 Å². The van der Waals surface area contributed by atoms with Crippen LogP contribution < -0.4 is 4.74 Å². The van der Waals surface area contributed by atoms with Crippen molar-refractivity contribution in [3.8, 4) is 11.8 Å². The van der Waals surface area contributed by atoms with Gasteiger partial charge in [-0.3, -0.25) is 0 Å². The highest BCUT2D eigenvalue weighted by Crippen LogP contribution is 2.18. The Morgan fingerprint density at radius 3 is 2.28 bits per heavy atom. The van der Waals surface area contributed by atoms with Crippen LogP contribution in [-0.4, -0.2) is 9.97 Å². The number of nitrogens with zero attached hydrogens (tertiary/aromatic N) is 2. The van der Waals surface area contributed by atoms with Gasteiger partial charge in [0.25, 0.3) is 0 Å². The smallest absolute Gasteiger partial charge is 0.321 e. The Morgan fingerprint density at radius 1 is 1.06 bits per heavy atom. The normalized spacial score (nSPS) is 10.3. The molecule has 1 aromatic carbocycles. The molecule has 0 fully saturated rings. The van der Waals surface area contributed by atoms with Crippen molar-refractivity contribution in [2.24, 2.45) is 0 Å². The van der Waals surface area contributed by atoms with Gasteiger partial charge in [-0.05, 0) is 24.1 Å². The second-order valence-corrected chi connectivity index (χ2v) is 4.27. The Hall–Kier alpha value is -1.61. The average Bonchev–Trinajstić information content (AvgIpc) is 2.42. The Bertz CT molecular complexity index is 482. The number of hydrogen-bond donors (Lipinski definition) is 0. The van der Waals surface area contributed by atoms with Gasteiger partial charge >= 0.3 is 6.01 Å². The number of hydrogen-bond acceptors (Lipinski definition) is 3. The zero-order valence-corrected chi connectivity index (χ0v) is 11.0. The van der Waals surface area contributed by atoms with E-state index in [2.05, 4.69) is 29.0 Å². The van der Waals surface area contributed by atoms with Gasteiger partial charge in [-0.1, -0.05) is 25.5 Å². The molecule has 0 bridgehead atoms. The molecule has 0 spiro atoms. The molecule has 0 aliphatic rings. The molecular weight excluding hydrogens is 248 g/mol. The molecule has 2 aromatic rings. The summed E-state index contributed by atoms with van der Waals surface area (Å²) in [4.78, 5) is 8.17. The van der Waals surface area contributed by atoms with Crippen LogP contribution in [0.5, 0.6) is 11.8 Å². The van der Waals surface area contributed by atoms with Crippen molar-refractivity contribution in [3.63, 3.8) is 0 Å². The van der Waals surface area contributed by atoms with E-state index in [9.17, 15) is 0 Å². The zero-order chi connectivity index (χ0) is 12.8. The van der Waals surface area contributed by atoms with Crippen molar-refractivity contribution in [2.45, 2.75) is 25.6 Å². The highest BCUT2D eigenvalue weighted by molar-refractivity contribution is 6.17.